The van der Waals surface area contributed by atoms with Crippen LogP contribution in [0.4, 0.5) is 0 Å². The molecule has 0 aliphatic heterocycles. The molecular formula is C11H20N2O3. The van der Waals surface area contributed by atoms with E-state index in [4.69, 9.17) is 4.74 Å². The van der Waals surface area contributed by atoms with Gasteiger partial charge in [-0.15, -0.1) is 0 Å². The van der Waals surface area contributed by atoms with E-state index in [1.54, 1.807) is 14.0 Å². The lowest BCUT2D eigenvalue weighted by molar-refractivity contribution is -0.143. The molecule has 5 heteroatoms. The molecule has 1 saturated carbocycles. The summed E-state index contributed by atoms with van der Waals surface area (Å²) in [6.07, 6.45) is 2.61. The molecule has 1 aliphatic carbocycles. The van der Waals surface area contributed by atoms with Crippen molar-refractivity contribution >= 4 is 11.9 Å². The Morgan fingerprint density at radius 3 is 2.62 bits per heavy atom. The molecule has 0 bridgehead atoms. The summed E-state index contributed by atoms with van der Waals surface area (Å²) >= 11 is 0. The summed E-state index contributed by atoms with van der Waals surface area (Å²) in [6.45, 7) is 3.19. The zero-order chi connectivity index (χ0) is 12.0. The van der Waals surface area contributed by atoms with Crippen LogP contribution < -0.4 is 5.32 Å². The Kier molecular flexibility index (Phi) is 5.25. The lowest BCUT2D eigenvalue weighted by Gasteiger charge is -2.20. The summed E-state index contributed by atoms with van der Waals surface area (Å²) in [5, 5.41) is 2.59. The largest absolute Gasteiger partial charge is 0.466 e. The van der Waals surface area contributed by atoms with E-state index in [1.165, 1.54) is 0 Å². The quantitative estimate of drug-likeness (QED) is 0.630. The minimum absolute atomic E-state index is 0.00393. The van der Waals surface area contributed by atoms with Crippen LogP contribution in [0.15, 0.2) is 0 Å². The van der Waals surface area contributed by atoms with E-state index < -0.39 is 0 Å². The number of hydrogen-bond donors (Lipinski definition) is 1. The third-order valence-electron chi connectivity index (χ3n) is 2.60. The molecule has 92 valence electrons. The van der Waals surface area contributed by atoms with Gasteiger partial charge < -0.3 is 10.1 Å². The Labute approximate surface area is 96.1 Å². The van der Waals surface area contributed by atoms with Crippen LogP contribution in [0, 0.1) is 0 Å². The van der Waals surface area contributed by atoms with E-state index in [1.807, 2.05) is 0 Å². The van der Waals surface area contributed by atoms with Crippen LogP contribution in [0.3, 0.4) is 0 Å². The zero-order valence-corrected chi connectivity index (χ0v) is 9.99. The molecule has 0 unspecified atom stereocenters. The summed E-state index contributed by atoms with van der Waals surface area (Å²) in [4.78, 5) is 24.5. The molecule has 0 atom stereocenters. The summed E-state index contributed by atoms with van der Waals surface area (Å²) in [7, 11) is 1.62. The van der Waals surface area contributed by atoms with Gasteiger partial charge in [0, 0.05) is 19.6 Å². The van der Waals surface area contributed by atoms with E-state index >= 15 is 0 Å². The third-order valence-corrected chi connectivity index (χ3v) is 2.60. The molecule has 0 aromatic rings. The standard InChI is InChI=1S/C11H20N2O3/c1-3-16-11(15)6-7-13(9-4-5-9)8-10(14)12-2/h9H,3-8H2,1-2H3,(H,12,14). The van der Waals surface area contributed by atoms with Crippen molar-refractivity contribution in [3.05, 3.63) is 0 Å². The number of carbonyl (C=O) groups is 2. The molecule has 0 aromatic heterocycles. The number of amides is 1. The van der Waals surface area contributed by atoms with Gasteiger partial charge in [-0.2, -0.15) is 0 Å². The van der Waals surface area contributed by atoms with Gasteiger partial charge in [0.1, 0.15) is 0 Å². The molecular weight excluding hydrogens is 208 g/mol. The van der Waals surface area contributed by atoms with Gasteiger partial charge in [0.2, 0.25) is 5.91 Å². The van der Waals surface area contributed by atoms with Crippen LogP contribution in [0.25, 0.3) is 0 Å². The van der Waals surface area contributed by atoms with Crippen LogP contribution in [-0.4, -0.2) is 49.6 Å². The fourth-order valence-electron chi connectivity index (χ4n) is 1.56. The lowest BCUT2D eigenvalue weighted by Crippen LogP contribution is -2.38. The number of likely N-dealkylation sites (N-methyl/N-ethyl adjacent to an activating group) is 1. The van der Waals surface area contributed by atoms with Crippen LogP contribution in [0.1, 0.15) is 26.2 Å². The van der Waals surface area contributed by atoms with Crippen LogP contribution >= 0.6 is 0 Å². The van der Waals surface area contributed by atoms with Gasteiger partial charge in [0.25, 0.3) is 0 Å². The number of rotatable bonds is 7. The maximum Gasteiger partial charge on any atom is 0.307 e. The number of hydrogen-bond acceptors (Lipinski definition) is 4. The molecule has 1 fully saturated rings. The minimum atomic E-state index is -0.190. The molecule has 1 aliphatic rings. The summed E-state index contributed by atoms with van der Waals surface area (Å²) in [5.41, 5.74) is 0. The lowest BCUT2D eigenvalue weighted by atomic mass is 10.3. The van der Waals surface area contributed by atoms with E-state index in [2.05, 4.69) is 10.2 Å². The molecule has 0 spiro atoms. The maximum atomic E-state index is 11.3. The number of nitrogens with one attached hydrogen (secondary N) is 1. The Balaban J connectivity index is 2.28. The number of ether oxygens (including phenoxy) is 1. The predicted molar refractivity (Wildman–Crippen MR) is 59.9 cm³/mol. The second kappa shape index (κ2) is 6.48. The average Bonchev–Trinajstić information content (AvgIpc) is 3.08. The molecule has 0 radical (unpaired) electrons. The van der Waals surface area contributed by atoms with Gasteiger partial charge in [-0.05, 0) is 19.8 Å². The van der Waals surface area contributed by atoms with Crippen molar-refractivity contribution in [1.82, 2.24) is 10.2 Å². The zero-order valence-electron chi connectivity index (χ0n) is 9.99. The molecule has 0 aromatic carbocycles. The van der Waals surface area contributed by atoms with Crippen molar-refractivity contribution in [1.29, 1.82) is 0 Å². The fourth-order valence-corrected chi connectivity index (χ4v) is 1.56. The molecule has 0 saturated heterocycles. The third kappa shape index (κ3) is 4.61. The van der Waals surface area contributed by atoms with Gasteiger partial charge >= 0.3 is 5.97 Å². The summed E-state index contributed by atoms with van der Waals surface area (Å²) in [5.74, 6) is -0.194. The van der Waals surface area contributed by atoms with Crippen LogP contribution in [0.2, 0.25) is 0 Å². The highest BCUT2D eigenvalue weighted by Gasteiger charge is 2.30. The first kappa shape index (κ1) is 13.0. The Morgan fingerprint density at radius 1 is 1.44 bits per heavy atom. The van der Waals surface area contributed by atoms with Gasteiger partial charge in [0.05, 0.1) is 19.6 Å². The molecule has 1 amide bonds. The number of nitrogens with zero attached hydrogens (tertiary/aromatic N) is 1. The van der Waals surface area contributed by atoms with Crippen LogP contribution in [0.5, 0.6) is 0 Å². The Hall–Kier alpha value is -1.10. The number of esters is 1. The van der Waals surface area contributed by atoms with Gasteiger partial charge in [0.15, 0.2) is 0 Å². The van der Waals surface area contributed by atoms with Gasteiger partial charge in [-0.1, -0.05) is 0 Å². The van der Waals surface area contributed by atoms with Crippen LogP contribution in [-0.2, 0) is 14.3 Å². The van der Waals surface area contributed by atoms with E-state index in [9.17, 15) is 9.59 Å². The first-order chi connectivity index (χ1) is 7.67. The molecule has 16 heavy (non-hydrogen) atoms. The van der Waals surface area contributed by atoms with Crippen molar-refractivity contribution in [3.63, 3.8) is 0 Å². The number of carbonyl (C=O) groups excluding carboxylic acids is 2. The highest BCUT2D eigenvalue weighted by Crippen LogP contribution is 2.26. The smallest absolute Gasteiger partial charge is 0.307 e. The highest BCUT2D eigenvalue weighted by molar-refractivity contribution is 5.77. The minimum Gasteiger partial charge on any atom is -0.466 e. The molecule has 1 N–H and O–H groups in total. The topological polar surface area (TPSA) is 58.6 Å². The Morgan fingerprint density at radius 2 is 2.12 bits per heavy atom. The van der Waals surface area contributed by atoms with Crippen molar-refractivity contribution in [2.24, 2.45) is 0 Å². The van der Waals surface area contributed by atoms with Crippen molar-refractivity contribution < 1.29 is 14.3 Å². The highest BCUT2D eigenvalue weighted by atomic mass is 16.5. The van der Waals surface area contributed by atoms with Crippen molar-refractivity contribution in [3.8, 4) is 0 Å². The van der Waals surface area contributed by atoms with Crippen molar-refractivity contribution in [2.75, 3.05) is 26.7 Å². The van der Waals surface area contributed by atoms with Crippen molar-refractivity contribution in [2.45, 2.75) is 32.2 Å². The predicted octanol–water partition coefficient (Wildman–Crippen LogP) is 0.150. The first-order valence-electron chi connectivity index (χ1n) is 5.77. The normalized spacial score (nSPS) is 14.9. The molecule has 1 rings (SSSR count). The van der Waals surface area contributed by atoms with E-state index in [0.29, 0.717) is 32.2 Å². The average molecular weight is 228 g/mol. The molecule has 0 heterocycles. The Bertz CT molecular complexity index is 252. The molecule has 5 nitrogen and oxygen atoms in total. The fraction of sp³-hybridized carbons (Fsp3) is 0.818. The second-order valence-electron chi connectivity index (χ2n) is 3.93. The van der Waals surface area contributed by atoms with E-state index in [0.717, 1.165) is 12.8 Å². The first-order valence-corrected chi connectivity index (χ1v) is 5.77. The second-order valence-corrected chi connectivity index (χ2v) is 3.93. The monoisotopic (exact) mass is 228 g/mol. The SMILES string of the molecule is CCOC(=O)CCN(CC(=O)NC)C1CC1. The maximum absolute atomic E-state index is 11.3. The summed E-state index contributed by atoms with van der Waals surface area (Å²) < 4.78 is 4.86. The van der Waals surface area contributed by atoms with E-state index in [-0.39, 0.29) is 11.9 Å². The van der Waals surface area contributed by atoms with Gasteiger partial charge in [-0.25, -0.2) is 0 Å². The summed E-state index contributed by atoms with van der Waals surface area (Å²) in [6, 6.07) is 0.478. The van der Waals surface area contributed by atoms with Gasteiger partial charge in [-0.3, -0.25) is 14.5 Å².